The Morgan fingerprint density at radius 1 is 1.44 bits per heavy atom. The Kier molecular flexibility index (Phi) is 5.00. The van der Waals surface area contributed by atoms with Gasteiger partial charge in [-0.1, -0.05) is 25.4 Å². The molecule has 86 valence electrons. The van der Waals surface area contributed by atoms with Gasteiger partial charge in [-0.25, -0.2) is 0 Å². The van der Waals surface area contributed by atoms with Gasteiger partial charge in [0.2, 0.25) is 0 Å². The Balaban J connectivity index is 2.75. The first kappa shape index (κ1) is 12.7. The van der Waals surface area contributed by atoms with Crippen molar-refractivity contribution in [2.24, 2.45) is 5.92 Å². The maximum atomic E-state index is 8.61. The van der Waals surface area contributed by atoms with Crippen LogP contribution in [0.25, 0.3) is 0 Å². The molecule has 4 nitrogen and oxygen atoms in total. The second-order valence-corrected chi connectivity index (χ2v) is 4.35. The van der Waals surface area contributed by atoms with Gasteiger partial charge in [0, 0.05) is 13.1 Å². The summed E-state index contributed by atoms with van der Waals surface area (Å²) in [5.41, 5.74) is 0. The average Bonchev–Trinajstić information content (AvgIpc) is 2.25. The maximum Gasteiger partial charge on any atom is 0.151 e. The van der Waals surface area contributed by atoms with E-state index in [2.05, 4.69) is 35.0 Å². The largest absolute Gasteiger partial charge is 0.354 e. The van der Waals surface area contributed by atoms with Crippen molar-refractivity contribution in [2.75, 3.05) is 18.0 Å². The fourth-order valence-corrected chi connectivity index (χ4v) is 1.50. The zero-order valence-electron chi connectivity index (χ0n) is 9.52. The summed E-state index contributed by atoms with van der Waals surface area (Å²) in [6.45, 7) is 5.79. The summed E-state index contributed by atoms with van der Waals surface area (Å²) in [4.78, 5) is 2.05. The highest BCUT2D eigenvalue weighted by Gasteiger charge is 2.09. The topological polar surface area (TPSA) is 52.8 Å². The minimum absolute atomic E-state index is 0.383. The predicted octanol–water partition coefficient (Wildman–Crippen LogP) is 2.51. The van der Waals surface area contributed by atoms with Crippen LogP contribution in [0.2, 0.25) is 5.15 Å². The third-order valence-electron chi connectivity index (χ3n) is 2.02. The second-order valence-electron chi connectivity index (χ2n) is 3.96. The Morgan fingerprint density at radius 3 is 2.69 bits per heavy atom. The molecule has 16 heavy (non-hydrogen) atoms. The number of hydrogen-bond donors (Lipinski definition) is 0. The van der Waals surface area contributed by atoms with Crippen LogP contribution in [-0.4, -0.2) is 23.3 Å². The van der Waals surface area contributed by atoms with Crippen molar-refractivity contribution in [3.05, 3.63) is 17.3 Å². The van der Waals surface area contributed by atoms with Crippen molar-refractivity contribution in [3.63, 3.8) is 0 Å². The Bertz CT molecular complexity index is 355. The number of nitriles is 1. The molecule has 0 N–H and O–H groups in total. The van der Waals surface area contributed by atoms with Crippen LogP contribution in [-0.2, 0) is 0 Å². The summed E-state index contributed by atoms with van der Waals surface area (Å²) >= 11 is 5.68. The van der Waals surface area contributed by atoms with E-state index in [4.69, 9.17) is 16.9 Å². The maximum absolute atomic E-state index is 8.61. The van der Waals surface area contributed by atoms with Gasteiger partial charge in [0.15, 0.2) is 11.0 Å². The second kappa shape index (κ2) is 6.29. The number of anilines is 1. The zero-order chi connectivity index (χ0) is 12.0. The van der Waals surface area contributed by atoms with Gasteiger partial charge in [-0.3, -0.25) is 0 Å². The summed E-state index contributed by atoms with van der Waals surface area (Å²) in [5.74, 6) is 1.28. The summed E-state index contributed by atoms with van der Waals surface area (Å²) in [7, 11) is 0. The van der Waals surface area contributed by atoms with Crippen molar-refractivity contribution in [3.8, 4) is 6.07 Å². The lowest BCUT2D eigenvalue weighted by molar-refractivity contribution is 0.605. The van der Waals surface area contributed by atoms with Crippen LogP contribution in [0.3, 0.4) is 0 Å². The van der Waals surface area contributed by atoms with Gasteiger partial charge in [0.1, 0.15) is 0 Å². The molecule has 0 aliphatic heterocycles. The van der Waals surface area contributed by atoms with Gasteiger partial charge in [0.25, 0.3) is 0 Å². The van der Waals surface area contributed by atoms with E-state index in [1.807, 2.05) is 6.07 Å². The van der Waals surface area contributed by atoms with Crippen LogP contribution in [0, 0.1) is 17.2 Å². The van der Waals surface area contributed by atoms with E-state index in [0.29, 0.717) is 24.0 Å². The first-order chi connectivity index (χ1) is 7.63. The van der Waals surface area contributed by atoms with E-state index in [9.17, 15) is 0 Å². The summed E-state index contributed by atoms with van der Waals surface area (Å²) in [6, 6.07) is 5.68. The van der Waals surface area contributed by atoms with Gasteiger partial charge in [-0.15, -0.1) is 10.2 Å². The van der Waals surface area contributed by atoms with E-state index in [1.165, 1.54) is 0 Å². The molecule has 0 aliphatic rings. The lowest BCUT2D eigenvalue weighted by Gasteiger charge is -2.23. The molecule has 0 bridgehead atoms. The van der Waals surface area contributed by atoms with Crippen LogP contribution in [0.4, 0.5) is 5.82 Å². The Hall–Kier alpha value is -1.34. The molecule has 0 unspecified atom stereocenters. The molecule has 0 saturated heterocycles. The summed E-state index contributed by atoms with van der Waals surface area (Å²) in [6.07, 6.45) is 0.483. The van der Waals surface area contributed by atoms with E-state index in [0.717, 1.165) is 12.4 Å². The number of nitrogens with zero attached hydrogens (tertiary/aromatic N) is 4. The van der Waals surface area contributed by atoms with Crippen molar-refractivity contribution < 1.29 is 0 Å². The molecule has 1 aromatic heterocycles. The molecule has 1 heterocycles. The monoisotopic (exact) mass is 238 g/mol. The van der Waals surface area contributed by atoms with Crippen LogP contribution >= 0.6 is 11.6 Å². The van der Waals surface area contributed by atoms with Crippen molar-refractivity contribution in [2.45, 2.75) is 20.3 Å². The highest BCUT2D eigenvalue weighted by Crippen LogP contribution is 2.13. The molecular formula is C11H15ClN4. The number of aromatic nitrogens is 2. The highest BCUT2D eigenvalue weighted by atomic mass is 35.5. The fourth-order valence-electron chi connectivity index (χ4n) is 1.40. The van der Waals surface area contributed by atoms with Gasteiger partial charge in [-0.2, -0.15) is 5.26 Å². The van der Waals surface area contributed by atoms with Gasteiger partial charge in [-0.05, 0) is 18.1 Å². The molecule has 0 saturated carbocycles. The van der Waals surface area contributed by atoms with Crippen LogP contribution in [0.15, 0.2) is 12.1 Å². The molecule has 0 aromatic carbocycles. The Morgan fingerprint density at radius 2 is 2.19 bits per heavy atom. The van der Waals surface area contributed by atoms with E-state index < -0.39 is 0 Å². The standard InChI is InChI=1S/C11H15ClN4/c1-9(2)8-16(7-3-6-13)11-5-4-10(12)14-15-11/h4-5,9H,3,7-8H2,1-2H3. The van der Waals surface area contributed by atoms with E-state index >= 15 is 0 Å². The molecule has 0 aliphatic carbocycles. The molecule has 0 fully saturated rings. The SMILES string of the molecule is CC(C)CN(CCC#N)c1ccc(Cl)nn1. The summed E-state index contributed by atoms with van der Waals surface area (Å²) < 4.78 is 0. The van der Waals surface area contributed by atoms with Crippen molar-refractivity contribution in [1.82, 2.24) is 10.2 Å². The van der Waals surface area contributed by atoms with E-state index in [-0.39, 0.29) is 0 Å². The third-order valence-corrected chi connectivity index (χ3v) is 2.22. The number of halogens is 1. The molecule has 1 rings (SSSR count). The minimum atomic E-state index is 0.383. The quantitative estimate of drug-likeness (QED) is 0.791. The minimum Gasteiger partial charge on any atom is -0.354 e. The third kappa shape index (κ3) is 4.03. The normalized spacial score (nSPS) is 10.2. The smallest absolute Gasteiger partial charge is 0.151 e. The van der Waals surface area contributed by atoms with Gasteiger partial charge < -0.3 is 4.90 Å². The lowest BCUT2D eigenvalue weighted by Crippen LogP contribution is -2.29. The van der Waals surface area contributed by atoms with Gasteiger partial charge >= 0.3 is 0 Å². The highest BCUT2D eigenvalue weighted by molar-refractivity contribution is 6.29. The molecule has 5 heteroatoms. The molecule has 0 radical (unpaired) electrons. The summed E-state index contributed by atoms with van der Waals surface area (Å²) in [5, 5.41) is 16.8. The fraction of sp³-hybridized carbons (Fsp3) is 0.545. The first-order valence-corrected chi connectivity index (χ1v) is 5.62. The van der Waals surface area contributed by atoms with Gasteiger partial charge in [0.05, 0.1) is 12.5 Å². The van der Waals surface area contributed by atoms with E-state index in [1.54, 1.807) is 6.07 Å². The molecule has 0 atom stereocenters. The van der Waals surface area contributed by atoms with Crippen LogP contribution in [0.1, 0.15) is 20.3 Å². The average molecular weight is 239 g/mol. The lowest BCUT2D eigenvalue weighted by atomic mass is 10.2. The van der Waals surface area contributed by atoms with Crippen LogP contribution < -0.4 is 4.90 Å². The predicted molar refractivity (Wildman–Crippen MR) is 64.3 cm³/mol. The molecule has 0 amide bonds. The van der Waals surface area contributed by atoms with Crippen molar-refractivity contribution in [1.29, 1.82) is 5.26 Å². The van der Waals surface area contributed by atoms with Crippen LogP contribution in [0.5, 0.6) is 0 Å². The molecular weight excluding hydrogens is 224 g/mol. The molecule has 1 aromatic rings. The first-order valence-electron chi connectivity index (χ1n) is 5.24. The Labute approximate surface area is 101 Å². The number of hydrogen-bond acceptors (Lipinski definition) is 4. The zero-order valence-corrected chi connectivity index (χ0v) is 10.3. The van der Waals surface area contributed by atoms with Crippen molar-refractivity contribution >= 4 is 17.4 Å². The molecule has 0 spiro atoms. The number of rotatable bonds is 5.